The molecule has 0 aromatic carbocycles. The minimum absolute atomic E-state index is 0.0132. The maximum atomic E-state index is 13.2. The van der Waals surface area contributed by atoms with Gasteiger partial charge in [-0.3, -0.25) is 14.4 Å². The summed E-state index contributed by atoms with van der Waals surface area (Å²) in [5, 5.41) is 5.27. The van der Waals surface area contributed by atoms with Crippen molar-refractivity contribution in [3.8, 4) is 0 Å². The molecule has 3 fully saturated rings. The van der Waals surface area contributed by atoms with E-state index in [0.29, 0.717) is 19.4 Å². The number of carbonyl (C=O) groups is 4. The highest BCUT2D eigenvalue weighted by Gasteiger charge is 2.39. The first kappa shape index (κ1) is 29.3. The van der Waals surface area contributed by atoms with E-state index in [-0.39, 0.29) is 30.2 Å². The Kier molecular flexibility index (Phi) is 12.0. The number of nitrogens with one attached hydrogen (secondary N) is 3. The van der Waals surface area contributed by atoms with E-state index in [1.807, 2.05) is 12.2 Å². The molecule has 3 aliphatic rings. The molecule has 1 unspecified atom stereocenters. The highest BCUT2D eigenvalue weighted by molar-refractivity contribution is 7.90. The number of allylic oxidation sites excluding steroid dienone is 1. The molecule has 0 spiro atoms. The highest BCUT2D eigenvalue weighted by Crippen LogP contribution is 2.27. The van der Waals surface area contributed by atoms with Gasteiger partial charge in [0, 0.05) is 19.4 Å². The molecule has 4 amide bonds. The van der Waals surface area contributed by atoms with Crippen molar-refractivity contribution in [2.75, 3.05) is 13.1 Å². The van der Waals surface area contributed by atoms with Crippen molar-refractivity contribution in [2.24, 2.45) is 0 Å². The number of likely N-dealkylation sites (tertiary alicyclic amines) is 1. The molecule has 1 aliphatic heterocycles. The van der Waals surface area contributed by atoms with Gasteiger partial charge in [-0.2, -0.15) is 4.72 Å². The fraction of sp³-hybridized carbons (Fsp3) is 0.769. The third kappa shape index (κ3) is 9.85. The van der Waals surface area contributed by atoms with Crippen LogP contribution in [0.2, 0.25) is 0 Å². The van der Waals surface area contributed by atoms with Crippen LogP contribution < -0.4 is 15.4 Å². The van der Waals surface area contributed by atoms with E-state index in [1.165, 1.54) is 4.90 Å². The molecule has 11 heteroatoms. The van der Waals surface area contributed by atoms with Gasteiger partial charge in [-0.1, -0.05) is 31.9 Å². The van der Waals surface area contributed by atoms with Gasteiger partial charge in [-0.15, -0.1) is 0 Å². The molecule has 1 saturated heterocycles. The fourth-order valence-corrected chi connectivity index (χ4v) is 5.76. The Morgan fingerprint density at radius 3 is 2.51 bits per heavy atom. The van der Waals surface area contributed by atoms with E-state index in [9.17, 15) is 23.7 Å². The Hall–Kier alpha value is -2.27. The molecule has 10 nitrogen and oxygen atoms in total. The van der Waals surface area contributed by atoms with E-state index in [0.717, 1.165) is 64.2 Å². The number of carbonyl (C=O) groups excluding carboxylic acids is 4. The maximum Gasteiger partial charge on any atom is 0.407 e. The summed E-state index contributed by atoms with van der Waals surface area (Å²) in [5.41, 5.74) is 0. The number of nitrogens with zero attached hydrogens (tertiary/aromatic N) is 1. The largest absolute Gasteiger partial charge is 0.593 e. The lowest BCUT2D eigenvalue weighted by atomic mass is 10.1. The van der Waals surface area contributed by atoms with Gasteiger partial charge in [0.1, 0.15) is 30.0 Å². The molecule has 1 heterocycles. The number of amides is 4. The summed E-state index contributed by atoms with van der Waals surface area (Å²) in [6.45, 7) is 2.28. The van der Waals surface area contributed by atoms with E-state index in [1.54, 1.807) is 0 Å². The maximum absolute atomic E-state index is 13.2. The van der Waals surface area contributed by atoms with Gasteiger partial charge in [0.25, 0.3) is 5.91 Å². The minimum Gasteiger partial charge on any atom is -0.593 e. The Labute approximate surface area is 223 Å². The van der Waals surface area contributed by atoms with Crippen LogP contribution in [0.15, 0.2) is 12.2 Å². The predicted octanol–water partition coefficient (Wildman–Crippen LogP) is 2.60. The number of ether oxygens (including phenoxy) is 1. The van der Waals surface area contributed by atoms with Gasteiger partial charge in [-0.25, -0.2) is 4.79 Å². The SMILES string of the molecule is CCCCC/C=C\C[C@@H](NC(=O)[C@@H]1CCCN1C(=O)CNC(=O)OC1CCCC1)C(=O)N[S+]([O-])C1CC1. The standard InChI is InChI=1S/C26H42N4O6S/c1-2-3-4-5-6-7-13-21(24(32)29-37(35)20-15-16-20)28-25(33)22-14-10-17-30(22)23(31)18-27-26(34)36-19-11-8-9-12-19/h6-7,19-22H,2-5,8-18H2,1H3,(H,27,34)(H,28,33)(H,29,32)/b7-6-/t21-,22+,37?/m1/s1. The van der Waals surface area contributed by atoms with Crippen molar-refractivity contribution in [1.29, 1.82) is 0 Å². The molecule has 0 bridgehead atoms. The smallest absolute Gasteiger partial charge is 0.407 e. The number of rotatable bonds is 14. The lowest BCUT2D eigenvalue weighted by Gasteiger charge is -2.26. The quantitative estimate of drug-likeness (QED) is 0.176. The topological polar surface area (TPSA) is 140 Å². The monoisotopic (exact) mass is 538 g/mol. The Morgan fingerprint density at radius 2 is 1.81 bits per heavy atom. The van der Waals surface area contributed by atoms with Crippen molar-refractivity contribution in [2.45, 2.75) is 114 Å². The second kappa shape index (κ2) is 15.2. The van der Waals surface area contributed by atoms with E-state index < -0.39 is 41.4 Å². The van der Waals surface area contributed by atoms with E-state index >= 15 is 0 Å². The predicted molar refractivity (Wildman–Crippen MR) is 141 cm³/mol. The Bertz CT molecular complexity index is 815. The molecule has 3 rings (SSSR count). The van der Waals surface area contributed by atoms with Gasteiger partial charge in [0.15, 0.2) is 0 Å². The summed E-state index contributed by atoms with van der Waals surface area (Å²) < 4.78 is 20.1. The van der Waals surface area contributed by atoms with Crippen LogP contribution in [-0.2, 0) is 30.5 Å². The average Bonchev–Trinajstić information content (AvgIpc) is 3.39. The van der Waals surface area contributed by atoms with Crippen molar-refractivity contribution < 1.29 is 28.5 Å². The summed E-state index contributed by atoms with van der Waals surface area (Å²) in [5.74, 6) is -1.27. The molecule has 2 saturated carbocycles. The lowest BCUT2D eigenvalue weighted by Crippen LogP contribution is -2.54. The normalized spacial score (nSPS) is 21.6. The molecule has 0 aromatic heterocycles. The van der Waals surface area contributed by atoms with Crippen molar-refractivity contribution in [3.63, 3.8) is 0 Å². The first-order valence-electron chi connectivity index (χ1n) is 13.8. The van der Waals surface area contributed by atoms with Crippen molar-refractivity contribution in [3.05, 3.63) is 12.2 Å². The zero-order valence-electron chi connectivity index (χ0n) is 21.9. The van der Waals surface area contributed by atoms with E-state index in [2.05, 4.69) is 22.3 Å². The molecule has 0 aromatic rings. The number of alkyl carbamates (subject to hydrolysis) is 1. The summed E-state index contributed by atoms with van der Waals surface area (Å²) in [7, 11) is 0. The van der Waals surface area contributed by atoms with Crippen LogP contribution in [0.25, 0.3) is 0 Å². The number of hydrogen-bond donors (Lipinski definition) is 3. The van der Waals surface area contributed by atoms with Crippen molar-refractivity contribution >= 4 is 35.2 Å². The summed E-state index contributed by atoms with van der Waals surface area (Å²) in [4.78, 5) is 52.3. The zero-order valence-corrected chi connectivity index (χ0v) is 22.7. The first-order chi connectivity index (χ1) is 17.9. The molecular formula is C26H42N4O6S. The summed E-state index contributed by atoms with van der Waals surface area (Å²) >= 11 is -1.45. The van der Waals surface area contributed by atoms with Gasteiger partial charge in [0.2, 0.25) is 11.8 Å². The zero-order chi connectivity index (χ0) is 26.6. The van der Waals surface area contributed by atoms with Crippen LogP contribution in [0.4, 0.5) is 4.79 Å². The molecular weight excluding hydrogens is 496 g/mol. The Morgan fingerprint density at radius 1 is 1.05 bits per heavy atom. The Balaban J connectivity index is 1.52. The third-order valence-corrected chi connectivity index (χ3v) is 8.49. The fourth-order valence-electron chi connectivity index (χ4n) is 4.68. The van der Waals surface area contributed by atoms with Crippen molar-refractivity contribution in [1.82, 2.24) is 20.3 Å². The molecule has 0 radical (unpaired) electrons. The van der Waals surface area contributed by atoms with Crippen LogP contribution in [0.5, 0.6) is 0 Å². The average molecular weight is 539 g/mol. The van der Waals surface area contributed by atoms with Gasteiger partial charge in [-0.05, 0) is 57.8 Å². The second-order valence-electron chi connectivity index (χ2n) is 10.1. The van der Waals surface area contributed by atoms with Crippen LogP contribution in [0.3, 0.4) is 0 Å². The van der Waals surface area contributed by atoms with Gasteiger partial charge < -0.3 is 24.8 Å². The minimum atomic E-state index is -1.45. The summed E-state index contributed by atoms with van der Waals surface area (Å²) in [6, 6.07) is -1.60. The van der Waals surface area contributed by atoms with Crippen LogP contribution >= 0.6 is 0 Å². The number of unbranched alkanes of at least 4 members (excludes halogenated alkanes) is 3. The van der Waals surface area contributed by atoms with Gasteiger partial charge in [0.05, 0.1) is 11.4 Å². The highest BCUT2D eigenvalue weighted by atomic mass is 32.2. The molecule has 208 valence electrons. The van der Waals surface area contributed by atoms with Crippen LogP contribution in [0, 0.1) is 0 Å². The van der Waals surface area contributed by atoms with Crippen LogP contribution in [-0.4, -0.2) is 69.8 Å². The lowest BCUT2D eigenvalue weighted by molar-refractivity contribution is -0.138. The molecule has 37 heavy (non-hydrogen) atoms. The molecule has 3 atom stereocenters. The van der Waals surface area contributed by atoms with E-state index in [4.69, 9.17) is 4.74 Å². The van der Waals surface area contributed by atoms with Gasteiger partial charge >= 0.3 is 6.09 Å². The summed E-state index contributed by atoms with van der Waals surface area (Å²) in [6.07, 6.45) is 14.1. The molecule has 2 aliphatic carbocycles. The third-order valence-electron chi connectivity index (χ3n) is 7.01. The first-order valence-corrected chi connectivity index (χ1v) is 15.0. The second-order valence-corrected chi connectivity index (χ2v) is 11.6. The van der Waals surface area contributed by atoms with Crippen LogP contribution in [0.1, 0.15) is 90.4 Å². The number of hydrogen-bond acceptors (Lipinski definition) is 6. The molecule has 3 N–H and O–H groups in total.